The number of carbonyl (C=O) groups is 1. The molecule has 0 heterocycles. The highest BCUT2D eigenvalue weighted by atomic mass is 79.9. The first-order chi connectivity index (χ1) is 8.66. The lowest BCUT2D eigenvalue weighted by molar-refractivity contribution is -0.384. The van der Waals surface area contributed by atoms with Gasteiger partial charge < -0.3 is 5.32 Å². The van der Waals surface area contributed by atoms with Crippen molar-refractivity contribution in [3.63, 3.8) is 0 Å². The van der Waals surface area contributed by atoms with Crippen molar-refractivity contribution in [1.82, 2.24) is 0 Å². The van der Waals surface area contributed by atoms with Crippen molar-refractivity contribution in [3.8, 4) is 0 Å². The zero-order chi connectivity index (χ0) is 14.8. The Bertz CT molecular complexity index is 531. The zero-order valence-electron chi connectivity index (χ0n) is 9.55. The molecule has 0 radical (unpaired) electrons. The third kappa shape index (κ3) is 3.66. The molecule has 0 aliphatic carbocycles. The SMILES string of the molecule is CCc1cc([N+](=O)[O-])c(NC(=O)C(F)(F)F)cc1Br. The van der Waals surface area contributed by atoms with Gasteiger partial charge in [0.1, 0.15) is 5.69 Å². The number of hydrogen-bond donors (Lipinski definition) is 1. The fourth-order valence-electron chi connectivity index (χ4n) is 1.32. The highest BCUT2D eigenvalue weighted by molar-refractivity contribution is 9.10. The first-order valence-electron chi connectivity index (χ1n) is 5.01. The lowest BCUT2D eigenvalue weighted by Gasteiger charge is -2.10. The van der Waals surface area contributed by atoms with Crippen molar-refractivity contribution in [2.45, 2.75) is 19.5 Å². The molecule has 19 heavy (non-hydrogen) atoms. The van der Waals surface area contributed by atoms with Crippen LogP contribution in [0.3, 0.4) is 0 Å². The minimum Gasteiger partial charge on any atom is -0.312 e. The number of halogens is 4. The van der Waals surface area contributed by atoms with Gasteiger partial charge in [-0.05, 0) is 18.1 Å². The summed E-state index contributed by atoms with van der Waals surface area (Å²) in [5.74, 6) is -2.26. The van der Waals surface area contributed by atoms with Crippen LogP contribution in [0.25, 0.3) is 0 Å². The van der Waals surface area contributed by atoms with E-state index in [9.17, 15) is 28.1 Å². The number of alkyl halides is 3. The van der Waals surface area contributed by atoms with Crippen molar-refractivity contribution in [1.29, 1.82) is 0 Å². The monoisotopic (exact) mass is 340 g/mol. The van der Waals surface area contributed by atoms with Gasteiger partial charge >= 0.3 is 12.1 Å². The molecule has 0 spiro atoms. The molecule has 0 saturated heterocycles. The van der Waals surface area contributed by atoms with Crippen LogP contribution in [-0.2, 0) is 11.2 Å². The Morgan fingerprint density at radius 1 is 1.47 bits per heavy atom. The van der Waals surface area contributed by atoms with E-state index in [-0.39, 0.29) is 0 Å². The maximum absolute atomic E-state index is 12.1. The maximum atomic E-state index is 12.1. The van der Waals surface area contributed by atoms with E-state index in [0.717, 1.165) is 12.1 Å². The second-order valence-corrected chi connectivity index (χ2v) is 4.38. The summed E-state index contributed by atoms with van der Waals surface area (Å²) < 4.78 is 36.7. The molecule has 0 aromatic heterocycles. The summed E-state index contributed by atoms with van der Waals surface area (Å²) in [5, 5.41) is 12.3. The smallest absolute Gasteiger partial charge is 0.312 e. The Hall–Kier alpha value is -1.64. The number of aryl methyl sites for hydroxylation is 1. The first-order valence-corrected chi connectivity index (χ1v) is 5.81. The largest absolute Gasteiger partial charge is 0.471 e. The number of nitro benzene ring substituents is 1. The quantitative estimate of drug-likeness (QED) is 0.676. The number of rotatable bonds is 3. The van der Waals surface area contributed by atoms with Gasteiger partial charge in [0.2, 0.25) is 0 Å². The molecule has 0 bridgehead atoms. The second kappa shape index (κ2) is 5.55. The molecule has 1 aromatic carbocycles. The summed E-state index contributed by atoms with van der Waals surface area (Å²) >= 11 is 3.08. The van der Waals surface area contributed by atoms with E-state index < -0.39 is 28.4 Å². The van der Waals surface area contributed by atoms with E-state index in [0.29, 0.717) is 16.5 Å². The van der Waals surface area contributed by atoms with Crippen molar-refractivity contribution >= 4 is 33.2 Å². The zero-order valence-corrected chi connectivity index (χ0v) is 11.1. The third-order valence-electron chi connectivity index (χ3n) is 2.25. The van der Waals surface area contributed by atoms with Crippen LogP contribution < -0.4 is 5.32 Å². The number of amides is 1. The molecule has 0 aliphatic rings. The van der Waals surface area contributed by atoms with Gasteiger partial charge in [-0.25, -0.2) is 0 Å². The van der Waals surface area contributed by atoms with Crippen LogP contribution in [0.2, 0.25) is 0 Å². The fourth-order valence-corrected chi connectivity index (χ4v) is 1.94. The van der Waals surface area contributed by atoms with Crippen LogP contribution in [0.4, 0.5) is 24.5 Å². The molecule has 104 valence electrons. The number of carbonyl (C=O) groups excluding carboxylic acids is 1. The number of benzene rings is 1. The molecular formula is C10H8BrF3N2O3. The molecule has 0 saturated carbocycles. The van der Waals surface area contributed by atoms with Crippen molar-refractivity contribution in [2.75, 3.05) is 5.32 Å². The summed E-state index contributed by atoms with van der Waals surface area (Å²) in [6, 6.07) is 2.21. The van der Waals surface area contributed by atoms with Crippen molar-refractivity contribution < 1.29 is 22.9 Å². The Kier molecular flexibility index (Phi) is 4.51. The van der Waals surface area contributed by atoms with E-state index in [2.05, 4.69) is 15.9 Å². The van der Waals surface area contributed by atoms with E-state index in [4.69, 9.17) is 0 Å². The van der Waals surface area contributed by atoms with Gasteiger partial charge in [-0.1, -0.05) is 22.9 Å². The minimum atomic E-state index is -5.11. The van der Waals surface area contributed by atoms with Crippen molar-refractivity contribution in [3.05, 3.63) is 32.3 Å². The standard InChI is InChI=1S/C10H8BrF3N2O3/c1-2-5-3-8(16(18)19)7(4-6(5)11)15-9(17)10(12,13)14/h3-4H,2H2,1H3,(H,15,17). The molecule has 0 fully saturated rings. The maximum Gasteiger partial charge on any atom is 0.471 e. The van der Waals surface area contributed by atoms with Crippen LogP contribution in [0.1, 0.15) is 12.5 Å². The fraction of sp³-hybridized carbons (Fsp3) is 0.300. The summed E-state index contributed by atoms with van der Waals surface area (Å²) in [5.41, 5.74) is -0.536. The van der Waals surface area contributed by atoms with Crippen LogP contribution in [-0.4, -0.2) is 17.0 Å². The normalized spacial score (nSPS) is 11.2. The van der Waals surface area contributed by atoms with Gasteiger partial charge in [0.25, 0.3) is 5.69 Å². The van der Waals surface area contributed by atoms with Crippen LogP contribution in [0.15, 0.2) is 16.6 Å². The number of anilines is 1. The van der Waals surface area contributed by atoms with E-state index >= 15 is 0 Å². The minimum absolute atomic E-state index is 0.387. The lowest BCUT2D eigenvalue weighted by atomic mass is 10.1. The molecule has 1 N–H and O–H groups in total. The average molecular weight is 341 g/mol. The van der Waals surface area contributed by atoms with Crippen molar-refractivity contribution in [2.24, 2.45) is 0 Å². The number of nitro groups is 1. The lowest BCUT2D eigenvalue weighted by Crippen LogP contribution is -2.30. The van der Waals surface area contributed by atoms with E-state index in [1.807, 2.05) is 0 Å². The molecule has 0 atom stereocenters. The molecular weight excluding hydrogens is 333 g/mol. The van der Waals surface area contributed by atoms with Gasteiger partial charge in [0.15, 0.2) is 0 Å². The molecule has 5 nitrogen and oxygen atoms in total. The van der Waals surface area contributed by atoms with Crippen LogP contribution >= 0.6 is 15.9 Å². The molecule has 0 unspecified atom stereocenters. The van der Waals surface area contributed by atoms with Crippen LogP contribution in [0.5, 0.6) is 0 Å². The summed E-state index contributed by atoms with van der Waals surface area (Å²) in [7, 11) is 0. The molecule has 1 rings (SSSR count). The third-order valence-corrected chi connectivity index (χ3v) is 2.99. The van der Waals surface area contributed by atoms with Gasteiger partial charge in [-0.15, -0.1) is 0 Å². The predicted octanol–water partition coefficient (Wildman–Crippen LogP) is 3.42. The highest BCUT2D eigenvalue weighted by Crippen LogP contribution is 2.32. The Balaban J connectivity index is 3.23. The van der Waals surface area contributed by atoms with Crippen LogP contribution in [0, 0.1) is 10.1 Å². The molecule has 1 amide bonds. The first kappa shape index (κ1) is 15.4. The average Bonchev–Trinajstić information content (AvgIpc) is 2.27. The Morgan fingerprint density at radius 3 is 2.47 bits per heavy atom. The van der Waals surface area contributed by atoms with Gasteiger partial charge in [-0.3, -0.25) is 14.9 Å². The second-order valence-electron chi connectivity index (χ2n) is 3.52. The Labute approximate surface area is 114 Å². The van der Waals surface area contributed by atoms with Gasteiger partial charge in [0.05, 0.1) is 4.92 Å². The topological polar surface area (TPSA) is 72.2 Å². The number of hydrogen-bond acceptors (Lipinski definition) is 3. The highest BCUT2D eigenvalue weighted by Gasteiger charge is 2.39. The number of nitrogens with one attached hydrogen (secondary N) is 1. The predicted molar refractivity (Wildman–Crippen MR) is 64.9 cm³/mol. The molecule has 1 aromatic rings. The Morgan fingerprint density at radius 2 is 2.05 bits per heavy atom. The van der Waals surface area contributed by atoms with Gasteiger partial charge in [0, 0.05) is 10.5 Å². The van der Waals surface area contributed by atoms with E-state index in [1.165, 1.54) is 5.32 Å². The number of nitrogens with zero attached hydrogens (tertiary/aromatic N) is 1. The molecule has 9 heteroatoms. The summed E-state index contributed by atoms with van der Waals surface area (Å²) in [6.07, 6.45) is -4.65. The molecule has 0 aliphatic heterocycles. The van der Waals surface area contributed by atoms with E-state index in [1.54, 1.807) is 6.92 Å². The summed E-state index contributed by atoms with van der Waals surface area (Å²) in [4.78, 5) is 20.7. The summed E-state index contributed by atoms with van der Waals surface area (Å²) in [6.45, 7) is 1.73. The van der Waals surface area contributed by atoms with Gasteiger partial charge in [-0.2, -0.15) is 13.2 Å².